The van der Waals surface area contributed by atoms with Gasteiger partial charge in [-0.15, -0.1) is 0 Å². The standard InChI is InChI=1S/C24H32N4O2/c1-17-15-28(16-18(2)30-17)23(29)22-12-10-20(11-13-22)14-26-24(25-4)27-19(3)21-8-6-5-7-9-21/h5-13,17-19H,14-16H2,1-4H3,(H2,25,26,27). The molecule has 1 aliphatic heterocycles. The van der Waals surface area contributed by atoms with Gasteiger partial charge in [-0.1, -0.05) is 42.5 Å². The van der Waals surface area contributed by atoms with Crippen LogP contribution >= 0.6 is 0 Å². The number of rotatable bonds is 5. The van der Waals surface area contributed by atoms with E-state index >= 15 is 0 Å². The van der Waals surface area contributed by atoms with Crippen LogP contribution in [0.4, 0.5) is 0 Å². The van der Waals surface area contributed by atoms with E-state index in [4.69, 9.17) is 4.74 Å². The van der Waals surface area contributed by atoms with Crippen molar-refractivity contribution in [2.24, 2.45) is 4.99 Å². The van der Waals surface area contributed by atoms with E-state index in [1.807, 2.05) is 61.2 Å². The van der Waals surface area contributed by atoms with Crippen LogP contribution in [0.25, 0.3) is 0 Å². The van der Waals surface area contributed by atoms with Gasteiger partial charge < -0.3 is 20.3 Å². The van der Waals surface area contributed by atoms with Gasteiger partial charge in [0, 0.05) is 32.2 Å². The average molecular weight is 409 g/mol. The highest BCUT2D eigenvalue weighted by Crippen LogP contribution is 2.15. The van der Waals surface area contributed by atoms with E-state index in [-0.39, 0.29) is 24.2 Å². The zero-order valence-corrected chi connectivity index (χ0v) is 18.3. The highest BCUT2D eigenvalue weighted by molar-refractivity contribution is 5.94. The average Bonchev–Trinajstić information content (AvgIpc) is 2.76. The summed E-state index contributed by atoms with van der Waals surface area (Å²) in [5.41, 5.74) is 3.00. The Morgan fingerprint density at radius 3 is 2.33 bits per heavy atom. The van der Waals surface area contributed by atoms with Crippen LogP contribution in [0.15, 0.2) is 59.6 Å². The van der Waals surface area contributed by atoms with Gasteiger partial charge in [-0.25, -0.2) is 0 Å². The summed E-state index contributed by atoms with van der Waals surface area (Å²) in [4.78, 5) is 19.0. The van der Waals surface area contributed by atoms with E-state index < -0.39 is 0 Å². The van der Waals surface area contributed by atoms with E-state index in [1.165, 1.54) is 5.56 Å². The monoisotopic (exact) mass is 408 g/mol. The maximum absolute atomic E-state index is 12.8. The van der Waals surface area contributed by atoms with E-state index in [1.54, 1.807) is 7.05 Å². The number of nitrogens with zero attached hydrogens (tertiary/aromatic N) is 2. The molecule has 3 rings (SSSR count). The largest absolute Gasteiger partial charge is 0.372 e. The molecular formula is C24H32N4O2. The molecule has 1 fully saturated rings. The number of amides is 1. The minimum absolute atomic E-state index is 0.0608. The number of hydrogen-bond donors (Lipinski definition) is 2. The van der Waals surface area contributed by atoms with Crippen LogP contribution in [0.1, 0.15) is 48.3 Å². The summed E-state index contributed by atoms with van der Waals surface area (Å²) in [5.74, 6) is 0.800. The lowest BCUT2D eigenvalue weighted by Gasteiger charge is -2.35. The Hall–Kier alpha value is -2.86. The Morgan fingerprint density at radius 2 is 1.73 bits per heavy atom. The quantitative estimate of drug-likeness (QED) is 0.588. The van der Waals surface area contributed by atoms with Crippen LogP contribution < -0.4 is 10.6 Å². The third-order valence-corrected chi connectivity index (χ3v) is 5.24. The van der Waals surface area contributed by atoms with Crippen molar-refractivity contribution >= 4 is 11.9 Å². The molecule has 6 heteroatoms. The lowest BCUT2D eigenvalue weighted by Crippen LogP contribution is -2.48. The summed E-state index contributed by atoms with van der Waals surface area (Å²) in [6, 6.07) is 18.2. The Bertz CT molecular complexity index is 841. The number of guanidine groups is 1. The summed E-state index contributed by atoms with van der Waals surface area (Å²) in [7, 11) is 1.76. The molecule has 0 aromatic heterocycles. The predicted octanol–water partition coefficient (Wildman–Crippen LogP) is 3.36. The summed E-state index contributed by atoms with van der Waals surface area (Å²) >= 11 is 0. The van der Waals surface area contributed by atoms with Gasteiger partial charge in [0.15, 0.2) is 5.96 Å². The molecule has 3 unspecified atom stereocenters. The molecule has 3 atom stereocenters. The third-order valence-electron chi connectivity index (χ3n) is 5.24. The number of benzene rings is 2. The number of morpholine rings is 1. The summed E-state index contributed by atoms with van der Waals surface area (Å²) in [6.45, 7) is 8.01. The lowest BCUT2D eigenvalue weighted by atomic mass is 10.1. The second-order valence-electron chi connectivity index (χ2n) is 7.87. The molecule has 0 bridgehead atoms. The van der Waals surface area contributed by atoms with Gasteiger partial charge in [0.1, 0.15) is 0 Å². The molecule has 1 heterocycles. The molecule has 2 N–H and O–H groups in total. The van der Waals surface area contributed by atoms with Crippen molar-refractivity contribution in [3.05, 3.63) is 71.3 Å². The van der Waals surface area contributed by atoms with Gasteiger partial charge in [0.2, 0.25) is 0 Å². The lowest BCUT2D eigenvalue weighted by molar-refractivity contribution is -0.0586. The minimum atomic E-state index is 0.0608. The summed E-state index contributed by atoms with van der Waals surface area (Å²) in [5, 5.41) is 6.74. The Morgan fingerprint density at radius 1 is 1.10 bits per heavy atom. The van der Waals surface area contributed by atoms with Crippen molar-refractivity contribution in [3.63, 3.8) is 0 Å². The molecule has 1 aliphatic rings. The van der Waals surface area contributed by atoms with Crippen LogP contribution in [0.5, 0.6) is 0 Å². The molecule has 2 aromatic carbocycles. The second-order valence-corrected chi connectivity index (χ2v) is 7.87. The first-order valence-corrected chi connectivity index (χ1v) is 10.5. The molecule has 0 saturated carbocycles. The van der Waals surface area contributed by atoms with Crippen molar-refractivity contribution in [3.8, 4) is 0 Å². The van der Waals surface area contributed by atoms with E-state index in [2.05, 4.69) is 34.7 Å². The van der Waals surface area contributed by atoms with Crippen LogP contribution in [0.2, 0.25) is 0 Å². The summed E-state index contributed by atoms with van der Waals surface area (Å²) in [6.07, 6.45) is 0.136. The molecule has 0 spiro atoms. The first-order chi connectivity index (χ1) is 14.5. The van der Waals surface area contributed by atoms with Gasteiger partial charge in [0.05, 0.1) is 18.2 Å². The highest BCUT2D eigenvalue weighted by Gasteiger charge is 2.26. The first kappa shape index (κ1) is 21.8. The van der Waals surface area contributed by atoms with Crippen molar-refractivity contribution < 1.29 is 9.53 Å². The van der Waals surface area contributed by atoms with Crippen molar-refractivity contribution in [2.45, 2.75) is 45.6 Å². The second kappa shape index (κ2) is 10.3. The molecule has 2 aromatic rings. The first-order valence-electron chi connectivity index (χ1n) is 10.5. The van der Waals surface area contributed by atoms with Crippen molar-refractivity contribution in [1.82, 2.24) is 15.5 Å². The number of ether oxygens (including phenoxy) is 1. The molecule has 160 valence electrons. The number of carbonyl (C=O) groups is 1. The van der Waals surface area contributed by atoms with Gasteiger partial charge in [-0.3, -0.25) is 9.79 Å². The molecule has 0 radical (unpaired) electrons. The minimum Gasteiger partial charge on any atom is -0.372 e. The zero-order valence-electron chi connectivity index (χ0n) is 18.3. The molecule has 30 heavy (non-hydrogen) atoms. The van der Waals surface area contributed by atoms with Gasteiger partial charge in [-0.2, -0.15) is 0 Å². The van der Waals surface area contributed by atoms with Crippen molar-refractivity contribution in [1.29, 1.82) is 0 Å². The highest BCUT2D eigenvalue weighted by atomic mass is 16.5. The SMILES string of the molecule is CN=C(NCc1ccc(C(=O)N2CC(C)OC(C)C2)cc1)NC(C)c1ccccc1. The van der Waals surface area contributed by atoms with Crippen LogP contribution in [0, 0.1) is 0 Å². The number of hydrogen-bond acceptors (Lipinski definition) is 3. The number of nitrogens with one attached hydrogen (secondary N) is 2. The van der Waals surface area contributed by atoms with Gasteiger partial charge in [0.25, 0.3) is 5.91 Å². The summed E-state index contributed by atoms with van der Waals surface area (Å²) < 4.78 is 5.72. The number of carbonyl (C=O) groups excluding carboxylic acids is 1. The van der Waals surface area contributed by atoms with Crippen molar-refractivity contribution in [2.75, 3.05) is 20.1 Å². The fourth-order valence-corrected chi connectivity index (χ4v) is 3.70. The zero-order chi connectivity index (χ0) is 21.5. The smallest absolute Gasteiger partial charge is 0.254 e. The van der Waals surface area contributed by atoms with Crippen LogP contribution in [0.3, 0.4) is 0 Å². The van der Waals surface area contributed by atoms with Gasteiger partial charge >= 0.3 is 0 Å². The Labute approximate surface area is 179 Å². The van der Waals surface area contributed by atoms with Gasteiger partial charge in [-0.05, 0) is 44.0 Å². The molecule has 1 saturated heterocycles. The molecular weight excluding hydrogens is 376 g/mol. The predicted molar refractivity (Wildman–Crippen MR) is 121 cm³/mol. The van der Waals surface area contributed by atoms with Crippen LogP contribution in [-0.4, -0.2) is 49.1 Å². The Balaban J connectivity index is 1.54. The Kier molecular flexibility index (Phi) is 7.46. The maximum Gasteiger partial charge on any atom is 0.254 e. The molecule has 6 nitrogen and oxygen atoms in total. The maximum atomic E-state index is 12.8. The number of aliphatic imine (C=N–C) groups is 1. The molecule has 0 aliphatic carbocycles. The van der Waals surface area contributed by atoms with E-state index in [0.717, 1.165) is 11.5 Å². The normalized spacial score (nSPS) is 20.5. The fourth-order valence-electron chi connectivity index (χ4n) is 3.70. The fraction of sp³-hybridized carbons (Fsp3) is 0.417. The topological polar surface area (TPSA) is 66.0 Å². The third kappa shape index (κ3) is 5.83. The van der Waals surface area contributed by atoms with Crippen LogP contribution in [-0.2, 0) is 11.3 Å². The van der Waals surface area contributed by atoms with E-state index in [0.29, 0.717) is 25.2 Å². The van der Waals surface area contributed by atoms with E-state index in [9.17, 15) is 4.79 Å². The molecule has 1 amide bonds.